The summed E-state index contributed by atoms with van der Waals surface area (Å²) in [4.78, 5) is 23.8. The van der Waals surface area contributed by atoms with Crippen LogP contribution in [0.5, 0.6) is 0 Å². The summed E-state index contributed by atoms with van der Waals surface area (Å²) in [5.41, 5.74) is 6.48. The van der Waals surface area contributed by atoms with E-state index >= 15 is 0 Å². The van der Waals surface area contributed by atoms with Crippen molar-refractivity contribution >= 4 is 11.8 Å². The lowest BCUT2D eigenvalue weighted by Crippen LogP contribution is -2.48. The number of nitrogens with two attached hydrogens (primary N) is 1. The van der Waals surface area contributed by atoms with Gasteiger partial charge in [-0.25, -0.2) is 0 Å². The summed E-state index contributed by atoms with van der Waals surface area (Å²) in [7, 11) is 0. The number of amides is 2. The van der Waals surface area contributed by atoms with Crippen LogP contribution in [0.2, 0.25) is 0 Å². The van der Waals surface area contributed by atoms with Crippen molar-refractivity contribution in [2.45, 2.75) is 63.5 Å². The molecule has 24 heavy (non-hydrogen) atoms. The van der Waals surface area contributed by atoms with Gasteiger partial charge in [-0.2, -0.15) is 0 Å². The molecule has 5 heteroatoms. The maximum atomic E-state index is 12.2. The van der Waals surface area contributed by atoms with E-state index in [0.717, 1.165) is 18.4 Å². The van der Waals surface area contributed by atoms with Crippen LogP contribution in [0.1, 0.15) is 50.5 Å². The molecule has 1 atom stereocenters. The highest BCUT2D eigenvalue weighted by atomic mass is 16.2. The Kier molecular flexibility index (Phi) is 7.75. The summed E-state index contributed by atoms with van der Waals surface area (Å²) < 4.78 is 0. The molecular weight excluding hydrogens is 302 g/mol. The Morgan fingerprint density at radius 2 is 1.67 bits per heavy atom. The lowest BCUT2D eigenvalue weighted by Gasteiger charge is -2.22. The monoisotopic (exact) mass is 331 g/mol. The van der Waals surface area contributed by atoms with E-state index < -0.39 is 11.9 Å². The van der Waals surface area contributed by atoms with Crippen LogP contribution in [0, 0.1) is 0 Å². The molecule has 1 saturated carbocycles. The minimum Gasteiger partial charge on any atom is -0.368 e. The molecule has 1 aromatic rings. The Balaban J connectivity index is 1.78. The van der Waals surface area contributed by atoms with Crippen molar-refractivity contribution in [2.75, 3.05) is 6.54 Å². The molecule has 4 N–H and O–H groups in total. The molecule has 0 aliphatic heterocycles. The van der Waals surface area contributed by atoms with Gasteiger partial charge in [-0.3, -0.25) is 14.9 Å². The highest BCUT2D eigenvalue weighted by molar-refractivity contribution is 5.82. The molecule has 1 fully saturated rings. The molecule has 0 saturated heterocycles. The van der Waals surface area contributed by atoms with Gasteiger partial charge in [0.05, 0.1) is 12.6 Å². The predicted molar refractivity (Wildman–Crippen MR) is 95.4 cm³/mol. The second-order valence-corrected chi connectivity index (χ2v) is 6.64. The van der Waals surface area contributed by atoms with Gasteiger partial charge in [0, 0.05) is 6.04 Å². The Morgan fingerprint density at radius 1 is 1.04 bits per heavy atom. The van der Waals surface area contributed by atoms with Crippen molar-refractivity contribution in [3.8, 4) is 0 Å². The van der Waals surface area contributed by atoms with E-state index in [4.69, 9.17) is 5.73 Å². The van der Waals surface area contributed by atoms with E-state index in [1.54, 1.807) is 0 Å². The Morgan fingerprint density at radius 3 is 2.29 bits per heavy atom. The summed E-state index contributed by atoms with van der Waals surface area (Å²) in [6, 6.07) is 9.41. The van der Waals surface area contributed by atoms with Gasteiger partial charge >= 0.3 is 0 Å². The van der Waals surface area contributed by atoms with Gasteiger partial charge in [-0.15, -0.1) is 0 Å². The van der Waals surface area contributed by atoms with Gasteiger partial charge in [-0.1, -0.05) is 62.4 Å². The fourth-order valence-corrected chi connectivity index (χ4v) is 3.22. The number of carbonyl (C=O) groups excluding carboxylic acids is 2. The van der Waals surface area contributed by atoms with Gasteiger partial charge in [0.1, 0.15) is 0 Å². The summed E-state index contributed by atoms with van der Waals surface area (Å²) >= 11 is 0. The zero-order valence-corrected chi connectivity index (χ0v) is 14.3. The van der Waals surface area contributed by atoms with Crippen molar-refractivity contribution in [3.63, 3.8) is 0 Å². The first-order valence-corrected chi connectivity index (χ1v) is 9.01. The zero-order chi connectivity index (χ0) is 17.2. The number of hydrogen-bond acceptors (Lipinski definition) is 3. The maximum Gasteiger partial charge on any atom is 0.234 e. The number of primary amides is 1. The standard InChI is InChI=1S/C19H29N3O2/c20-19(24)17(13-15-9-5-4-6-10-15)21-14-18(23)22-16-11-7-2-1-3-8-12-16/h4-6,9-10,16-17,21H,1-3,7-8,11-14H2,(H2,20,24)(H,22,23). The van der Waals surface area contributed by atoms with Crippen LogP contribution in [0.4, 0.5) is 0 Å². The third-order valence-corrected chi connectivity index (χ3v) is 4.61. The maximum absolute atomic E-state index is 12.2. The Labute approximate surface area is 144 Å². The quantitative estimate of drug-likeness (QED) is 0.713. The third-order valence-electron chi connectivity index (χ3n) is 4.61. The average Bonchev–Trinajstić information content (AvgIpc) is 2.54. The first kappa shape index (κ1) is 18.5. The summed E-state index contributed by atoms with van der Waals surface area (Å²) in [6.45, 7) is 0.122. The molecule has 0 bridgehead atoms. The van der Waals surface area contributed by atoms with E-state index in [1.807, 2.05) is 30.3 Å². The highest BCUT2D eigenvalue weighted by Crippen LogP contribution is 2.16. The van der Waals surface area contributed by atoms with E-state index in [1.165, 1.54) is 32.1 Å². The van der Waals surface area contributed by atoms with E-state index in [2.05, 4.69) is 10.6 Å². The Hall–Kier alpha value is -1.88. The topological polar surface area (TPSA) is 84.2 Å². The van der Waals surface area contributed by atoms with Crippen molar-refractivity contribution in [3.05, 3.63) is 35.9 Å². The second kappa shape index (κ2) is 10.1. The number of rotatable bonds is 7. The molecule has 0 spiro atoms. The zero-order valence-electron chi connectivity index (χ0n) is 14.3. The molecule has 2 rings (SSSR count). The molecule has 1 aliphatic rings. The van der Waals surface area contributed by atoms with Crippen molar-refractivity contribution in [1.29, 1.82) is 0 Å². The normalized spacial score (nSPS) is 17.5. The fraction of sp³-hybridized carbons (Fsp3) is 0.579. The van der Waals surface area contributed by atoms with E-state index in [-0.39, 0.29) is 18.5 Å². The van der Waals surface area contributed by atoms with Crippen LogP contribution in [0.15, 0.2) is 30.3 Å². The molecule has 1 unspecified atom stereocenters. The number of benzene rings is 1. The van der Waals surface area contributed by atoms with Crippen molar-refractivity contribution in [2.24, 2.45) is 5.73 Å². The fourth-order valence-electron chi connectivity index (χ4n) is 3.22. The lowest BCUT2D eigenvalue weighted by atomic mass is 9.97. The van der Waals surface area contributed by atoms with Crippen LogP contribution in [-0.4, -0.2) is 30.4 Å². The van der Waals surface area contributed by atoms with Crippen LogP contribution in [-0.2, 0) is 16.0 Å². The Bertz CT molecular complexity index is 511. The molecule has 1 aliphatic carbocycles. The van der Waals surface area contributed by atoms with Gasteiger partial charge < -0.3 is 11.1 Å². The van der Waals surface area contributed by atoms with E-state index in [9.17, 15) is 9.59 Å². The predicted octanol–water partition coefficient (Wildman–Crippen LogP) is 1.90. The molecule has 0 radical (unpaired) electrons. The largest absolute Gasteiger partial charge is 0.368 e. The van der Waals surface area contributed by atoms with Gasteiger partial charge in [0.2, 0.25) is 11.8 Å². The second-order valence-electron chi connectivity index (χ2n) is 6.64. The van der Waals surface area contributed by atoms with Gasteiger partial charge in [-0.05, 0) is 24.8 Å². The van der Waals surface area contributed by atoms with Gasteiger partial charge in [0.25, 0.3) is 0 Å². The lowest BCUT2D eigenvalue weighted by molar-refractivity contribution is -0.122. The van der Waals surface area contributed by atoms with Crippen LogP contribution in [0.25, 0.3) is 0 Å². The first-order valence-electron chi connectivity index (χ1n) is 9.01. The van der Waals surface area contributed by atoms with Crippen LogP contribution in [0.3, 0.4) is 0 Å². The average molecular weight is 331 g/mol. The molecule has 1 aromatic carbocycles. The smallest absolute Gasteiger partial charge is 0.234 e. The number of carbonyl (C=O) groups is 2. The van der Waals surface area contributed by atoms with Crippen molar-refractivity contribution in [1.82, 2.24) is 10.6 Å². The SMILES string of the molecule is NC(=O)C(Cc1ccccc1)NCC(=O)NC1CCCCCCC1. The first-order chi connectivity index (χ1) is 11.6. The van der Waals surface area contributed by atoms with E-state index in [0.29, 0.717) is 6.42 Å². The van der Waals surface area contributed by atoms with Crippen LogP contribution >= 0.6 is 0 Å². The summed E-state index contributed by atoms with van der Waals surface area (Å²) in [5.74, 6) is -0.488. The highest BCUT2D eigenvalue weighted by Gasteiger charge is 2.18. The minimum atomic E-state index is -0.532. The molecule has 0 heterocycles. The third kappa shape index (κ3) is 6.71. The summed E-state index contributed by atoms with van der Waals surface area (Å²) in [6.07, 6.45) is 8.77. The number of nitrogens with one attached hydrogen (secondary N) is 2. The van der Waals surface area contributed by atoms with Crippen molar-refractivity contribution < 1.29 is 9.59 Å². The molecule has 0 aromatic heterocycles. The molecular formula is C19H29N3O2. The number of hydrogen-bond donors (Lipinski definition) is 3. The molecule has 132 valence electrons. The summed E-state index contributed by atoms with van der Waals surface area (Å²) in [5, 5.41) is 6.09. The molecule has 2 amide bonds. The minimum absolute atomic E-state index is 0.0557. The van der Waals surface area contributed by atoms with Gasteiger partial charge in [0.15, 0.2) is 0 Å². The molecule has 5 nitrogen and oxygen atoms in total. The van der Waals surface area contributed by atoms with Crippen LogP contribution < -0.4 is 16.4 Å².